The van der Waals surface area contributed by atoms with Crippen LogP contribution in [0.25, 0.3) is 16.9 Å². The topological polar surface area (TPSA) is 71.1 Å². The van der Waals surface area contributed by atoms with Gasteiger partial charge in [0.1, 0.15) is 5.75 Å². The zero-order valence-electron chi connectivity index (χ0n) is 16.0. The Morgan fingerprint density at radius 3 is 2.59 bits per heavy atom. The third-order valence-corrected chi connectivity index (χ3v) is 5.27. The fraction of sp³-hybridized carbons (Fsp3) is 0.227. The van der Waals surface area contributed by atoms with Crippen LogP contribution in [-0.2, 0) is 6.54 Å². The van der Waals surface area contributed by atoms with Crippen LogP contribution in [-0.4, -0.2) is 25.8 Å². The molecule has 7 heteroatoms. The fourth-order valence-electron chi connectivity index (χ4n) is 3.69. The normalized spacial score (nSPS) is 13.7. The van der Waals surface area contributed by atoms with E-state index in [9.17, 15) is 9.59 Å². The maximum atomic E-state index is 13.3. The van der Waals surface area contributed by atoms with Crippen LogP contribution in [0.3, 0.4) is 0 Å². The van der Waals surface area contributed by atoms with E-state index in [2.05, 4.69) is 4.98 Å². The molecule has 0 amide bonds. The van der Waals surface area contributed by atoms with Gasteiger partial charge in [0.25, 0.3) is 5.56 Å². The molecule has 1 aliphatic carbocycles. The first-order chi connectivity index (χ1) is 14.2. The van der Waals surface area contributed by atoms with Crippen LogP contribution in [0.5, 0.6) is 5.75 Å². The predicted molar refractivity (Wildman–Crippen MR) is 110 cm³/mol. The SMILES string of the molecule is COc1cccc(-n2c(=O)n(C3CC3)c(=O)c3c2ncn3Cc2ccccc2)c1. The number of hydrogen-bond acceptors (Lipinski definition) is 4. The molecule has 2 aromatic heterocycles. The average Bonchev–Trinajstić information content (AvgIpc) is 3.49. The Hall–Kier alpha value is -3.61. The highest BCUT2D eigenvalue weighted by Gasteiger charge is 2.30. The number of hydrogen-bond donors (Lipinski definition) is 0. The third kappa shape index (κ3) is 2.95. The highest BCUT2D eigenvalue weighted by molar-refractivity contribution is 5.72. The van der Waals surface area contributed by atoms with Gasteiger partial charge in [0.2, 0.25) is 0 Å². The Bertz CT molecular complexity index is 1310. The molecule has 0 spiro atoms. The van der Waals surface area contributed by atoms with Gasteiger partial charge in [0, 0.05) is 18.7 Å². The van der Waals surface area contributed by atoms with Gasteiger partial charge in [-0.1, -0.05) is 36.4 Å². The molecule has 146 valence electrons. The van der Waals surface area contributed by atoms with Crippen LogP contribution in [0.4, 0.5) is 0 Å². The van der Waals surface area contributed by atoms with E-state index in [1.54, 1.807) is 19.5 Å². The minimum atomic E-state index is -0.358. The summed E-state index contributed by atoms with van der Waals surface area (Å²) in [4.78, 5) is 31.0. The quantitative estimate of drug-likeness (QED) is 0.527. The van der Waals surface area contributed by atoms with Crippen molar-refractivity contribution < 1.29 is 4.74 Å². The van der Waals surface area contributed by atoms with Crippen molar-refractivity contribution in [1.29, 1.82) is 0 Å². The number of nitrogens with zero attached hydrogens (tertiary/aromatic N) is 4. The van der Waals surface area contributed by atoms with Crippen molar-refractivity contribution in [3.63, 3.8) is 0 Å². The van der Waals surface area contributed by atoms with Gasteiger partial charge in [-0.25, -0.2) is 14.3 Å². The van der Waals surface area contributed by atoms with Crippen LogP contribution in [0.1, 0.15) is 24.4 Å². The van der Waals surface area contributed by atoms with Gasteiger partial charge in [-0.05, 0) is 30.5 Å². The van der Waals surface area contributed by atoms with E-state index in [-0.39, 0.29) is 17.3 Å². The van der Waals surface area contributed by atoms with Crippen molar-refractivity contribution in [2.75, 3.05) is 7.11 Å². The lowest BCUT2D eigenvalue weighted by molar-refractivity contribution is 0.414. The summed E-state index contributed by atoms with van der Waals surface area (Å²) in [5.41, 5.74) is 1.84. The lowest BCUT2D eigenvalue weighted by Gasteiger charge is -2.13. The highest BCUT2D eigenvalue weighted by Crippen LogP contribution is 2.32. The molecule has 0 radical (unpaired) electrons. The van der Waals surface area contributed by atoms with Crippen LogP contribution in [0.2, 0.25) is 0 Å². The van der Waals surface area contributed by atoms with Gasteiger partial charge in [0.05, 0.1) is 19.1 Å². The van der Waals surface area contributed by atoms with Crippen molar-refractivity contribution in [2.24, 2.45) is 0 Å². The molecule has 5 rings (SSSR count). The van der Waals surface area contributed by atoms with Crippen LogP contribution < -0.4 is 16.0 Å². The second kappa shape index (κ2) is 6.77. The van der Waals surface area contributed by atoms with Crippen molar-refractivity contribution in [1.82, 2.24) is 18.7 Å². The van der Waals surface area contributed by atoms with Crippen molar-refractivity contribution in [2.45, 2.75) is 25.4 Å². The Labute approximate surface area is 166 Å². The molecule has 29 heavy (non-hydrogen) atoms. The average molecular weight is 388 g/mol. The fourth-order valence-corrected chi connectivity index (χ4v) is 3.69. The first kappa shape index (κ1) is 17.5. The number of rotatable bonds is 5. The second-order valence-corrected chi connectivity index (χ2v) is 7.26. The van der Waals surface area contributed by atoms with E-state index in [0.717, 1.165) is 18.4 Å². The molecule has 0 bridgehead atoms. The summed E-state index contributed by atoms with van der Waals surface area (Å²) in [5, 5.41) is 0. The zero-order valence-corrected chi connectivity index (χ0v) is 16.0. The summed E-state index contributed by atoms with van der Waals surface area (Å²) >= 11 is 0. The van der Waals surface area contributed by atoms with Crippen LogP contribution in [0, 0.1) is 0 Å². The van der Waals surface area contributed by atoms with E-state index in [0.29, 0.717) is 29.1 Å². The maximum Gasteiger partial charge on any atom is 0.337 e. The van der Waals surface area contributed by atoms with Gasteiger partial charge in [-0.2, -0.15) is 0 Å². The first-order valence-electron chi connectivity index (χ1n) is 9.58. The largest absolute Gasteiger partial charge is 0.497 e. The summed E-state index contributed by atoms with van der Waals surface area (Å²) in [6, 6.07) is 17.1. The predicted octanol–water partition coefficient (Wildman–Crippen LogP) is 2.74. The maximum absolute atomic E-state index is 13.3. The van der Waals surface area contributed by atoms with Gasteiger partial charge in [-0.3, -0.25) is 9.36 Å². The molecule has 0 saturated heterocycles. The molecule has 1 fully saturated rings. The molecule has 7 nitrogen and oxygen atoms in total. The molecule has 0 aliphatic heterocycles. The molecule has 1 saturated carbocycles. The Kier molecular flexibility index (Phi) is 4.08. The number of fused-ring (bicyclic) bond motifs is 1. The lowest BCUT2D eigenvalue weighted by atomic mass is 10.2. The minimum Gasteiger partial charge on any atom is -0.497 e. The number of aromatic nitrogens is 4. The van der Waals surface area contributed by atoms with E-state index < -0.39 is 0 Å². The smallest absolute Gasteiger partial charge is 0.337 e. The van der Waals surface area contributed by atoms with Crippen molar-refractivity contribution in [3.8, 4) is 11.4 Å². The van der Waals surface area contributed by atoms with E-state index in [1.807, 2.05) is 53.1 Å². The molecule has 0 N–H and O–H groups in total. The molecule has 0 atom stereocenters. The van der Waals surface area contributed by atoms with Gasteiger partial charge < -0.3 is 9.30 Å². The summed E-state index contributed by atoms with van der Waals surface area (Å²) in [7, 11) is 1.58. The molecule has 4 aromatic rings. The molecule has 2 heterocycles. The van der Waals surface area contributed by atoms with Gasteiger partial charge in [-0.15, -0.1) is 0 Å². The zero-order chi connectivity index (χ0) is 20.0. The molecule has 2 aromatic carbocycles. The monoisotopic (exact) mass is 388 g/mol. The van der Waals surface area contributed by atoms with Crippen LogP contribution >= 0.6 is 0 Å². The lowest BCUT2D eigenvalue weighted by Crippen LogP contribution is -2.39. The Morgan fingerprint density at radius 2 is 1.86 bits per heavy atom. The number of benzene rings is 2. The van der Waals surface area contributed by atoms with Crippen LogP contribution in [0.15, 0.2) is 70.5 Å². The van der Waals surface area contributed by atoms with E-state index in [1.165, 1.54) is 9.13 Å². The molecule has 0 unspecified atom stereocenters. The van der Waals surface area contributed by atoms with Gasteiger partial charge in [0.15, 0.2) is 11.2 Å². The van der Waals surface area contributed by atoms with E-state index in [4.69, 9.17) is 4.74 Å². The minimum absolute atomic E-state index is 0.0451. The molecular weight excluding hydrogens is 368 g/mol. The van der Waals surface area contributed by atoms with E-state index >= 15 is 0 Å². The van der Waals surface area contributed by atoms with Gasteiger partial charge >= 0.3 is 5.69 Å². The highest BCUT2D eigenvalue weighted by atomic mass is 16.5. The Morgan fingerprint density at radius 1 is 1.07 bits per heavy atom. The number of imidazole rings is 1. The van der Waals surface area contributed by atoms with Crippen molar-refractivity contribution >= 4 is 11.2 Å². The number of ether oxygens (including phenoxy) is 1. The molecular formula is C22H20N4O3. The Balaban J connectivity index is 1.79. The summed E-state index contributed by atoms with van der Waals surface area (Å²) in [6.45, 7) is 0.508. The third-order valence-electron chi connectivity index (χ3n) is 5.27. The first-order valence-corrected chi connectivity index (χ1v) is 9.58. The standard InChI is InChI=1S/C22H20N4O3/c1-29-18-9-5-8-17(12-18)25-20-19(21(27)26(22(25)28)16-10-11-16)24(14-23-20)13-15-6-3-2-4-7-15/h2-9,12,14,16H,10-11,13H2,1H3. The second-order valence-electron chi connectivity index (χ2n) is 7.26. The molecule has 1 aliphatic rings. The summed E-state index contributed by atoms with van der Waals surface area (Å²) in [5.74, 6) is 0.635. The summed E-state index contributed by atoms with van der Waals surface area (Å²) < 4.78 is 10.0. The number of methoxy groups -OCH3 is 1. The van der Waals surface area contributed by atoms with Crippen molar-refractivity contribution in [3.05, 3.63) is 87.3 Å². The summed E-state index contributed by atoms with van der Waals surface area (Å²) in [6.07, 6.45) is 3.31.